The number of hydrogen-bond donors (Lipinski definition) is 1. The summed E-state index contributed by atoms with van der Waals surface area (Å²) in [5, 5.41) is 5.72. The average molecular weight is 446 g/mol. The first-order valence-electron chi connectivity index (χ1n) is 10.9. The van der Waals surface area contributed by atoms with Crippen molar-refractivity contribution in [3.63, 3.8) is 0 Å². The third kappa shape index (κ3) is 4.56. The number of rotatable bonds is 5. The molecule has 0 aliphatic carbocycles. The monoisotopic (exact) mass is 445 g/mol. The number of fused-ring (bicyclic) bond motifs is 1. The third-order valence-corrected chi connectivity index (χ3v) is 6.85. The maximum Gasteiger partial charge on any atom is 0.252 e. The van der Waals surface area contributed by atoms with E-state index in [2.05, 4.69) is 39.5 Å². The van der Waals surface area contributed by atoms with Gasteiger partial charge in [-0.3, -0.25) is 9.69 Å². The van der Waals surface area contributed by atoms with Crippen molar-refractivity contribution >= 4 is 28.1 Å². The summed E-state index contributed by atoms with van der Waals surface area (Å²) in [6.07, 6.45) is 1.79. The van der Waals surface area contributed by atoms with Crippen LogP contribution in [0.2, 0.25) is 0 Å². The van der Waals surface area contributed by atoms with Crippen molar-refractivity contribution in [1.82, 2.24) is 15.2 Å². The molecule has 1 fully saturated rings. The fourth-order valence-corrected chi connectivity index (χ4v) is 4.96. The summed E-state index contributed by atoms with van der Waals surface area (Å²) >= 11 is 1.57. The molecule has 1 N–H and O–H groups in total. The number of pyridine rings is 1. The zero-order valence-corrected chi connectivity index (χ0v) is 18.4. The lowest BCUT2D eigenvalue weighted by Crippen LogP contribution is -2.44. The van der Waals surface area contributed by atoms with Gasteiger partial charge in [-0.2, -0.15) is 0 Å². The summed E-state index contributed by atoms with van der Waals surface area (Å²) in [6.45, 7) is 2.80. The first kappa shape index (κ1) is 20.8. The minimum atomic E-state index is -0.369. The number of nitrogens with zero attached hydrogens (tertiary/aromatic N) is 2. The van der Waals surface area contributed by atoms with Gasteiger partial charge in [0.15, 0.2) is 0 Å². The van der Waals surface area contributed by atoms with Crippen LogP contribution < -0.4 is 5.32 Å². The summed E-state index contributed by atoms with van der Waals surface area (Å²) in [6, 6.07) is 20.7. The lowest BCUT2D eigenvalue weighted by Gasteiger charge is -2.32. The van der Waals surface area contributed by atoms with Gasteiger partial charge in [-0.05, 0) is 54.1 Å². The van der Waals surface area contributed by atoms with Crippen LogP contribution in [0.1, 0.15) is 28.8 Å². The van der Waals surface area contributed by atoms with E-state index >= 15 is 0 Å². The van der Waals surface area contributed by atoms with Crippen LogP contribution in [0.25, 0.3) is 21.5 Å². The van der Waals surface area contributed by atoms with Crippen LogP contribution in [0.15, 0.2) is 72.1 Å². The van der Waals surface area contributed by atoms with E-state index in [1.807, 2.05) is 23.6 Å². The molecule has 4 aromatic rings. The van der Waals surface area contributed by atoms with Crippen LogP contribution >= 0.6 is 11.3 Å². The second-order valence-corrected chi connectivity index (χ2v) is 9.15. The normalized spacial score (nSPS) is 15.2. The number of piperidine rings is 1. The highest BCUT2D eigenvalue weighted by molar-refractivity contribution is 7.13. The molecule has 0 spiro atoms. The molecule has 2 aromatic heterocycles. The van der Waals surface area contributed by atoms with E-state index in [-0.39, 0.29) is 17.8 Å². The molecule has 0 bridgehead atoms. The van der Waals surface area contributed by atoms with Gasteiger partial charge < -0.3 is 5.32 Å². The summed E-state index contributed by atoms with van der Waals surface area (Å²) < 4.78 is 14.0. The lowest BCUT2D eigenvalue weighted by atomic mass is 10.0. The molecule has 3 heterocycles. The largest absolute Gasteiger partial charge is 0.349 e. The van der Waals surface area contributed by atoms with E-state index in [0.29, 0.717) is 16.5 Å². The van der Waals surface area contributed by atoms with Gasteiger partial charge >= 0.3 is 0 Å². The Labute approximate surface area is 190 Å². The summed E-state index contributed by atoms with van der Waals surface area (Å²) in [7, 11) is 0. The van der Waals surface area contributed by atoms with Crippen molar-refractivity contribution in [2.24, 2.45) is 0 Å². The topological polar surface area (TPSA) is 45.2 Å². The van der Waals surface area contributed by atoms with Crippen molar-refractivity contribution in [3.8, 4) is 10.6 Å². The molecule has 162 valence electrons. The second kappa shape index (κ2) is 9.18. The fourth-order valence-electron chi connectivity index (χ4n) is 4.28. The highest BCUT2D eigenvalue weighted by Gasteiger charge is 2.23. The third-order valence-electron chi connectivity index (χ3n) is 5.96. The predicted octanol–water partition coefficient (Wildman–Crippen LogP) is 5.50. The molecular formula is C26H24FN3OS. The molecule has 0 saturated carbocycles. The number of amides is 1. The van der Waals surface area contributed by atoms with Gasteiger partial charge in [0, 0.05) is 31.1 Å². The van der Waals surface area contributed by atoms with E-state index in [1.165, 1.54) is 17.7 Å². The van der Waals surface area contributed by atoms with Crippen molar-refractivity contribution < 1.29 is 9.18 Å². The summed E-state index contributed by atoms with van der Waals surface area (Å²) in [4.78, 5) is 21.3. The van der Waals surface area contributed by atoms with Gasteiger partial charge in [-0.1, -0.05) is 36.4 Å². The SMILES string of the molecule is O=C(NC1CCN(Cc2ccccc2)CC1)c1cc(-c2cccs2)nc2ccc(F)cc12. The number of carbonyl (C=O) groups excluding carboxylic acids is 1. The Balaban J connectivity index is 1.32. The van der Waals surface area contributed by atoms with Crippen LogP contribution in [-0.4, -0.2) is 34.9 Å². The number of aromatic nitrogens is 1. The summed E-state index contributed by atoms with van der Waals surface area (Å²) in [5.74, 6) is -0.534. The van der Waals surface area contributed by atoms with Gasteiger partial charge in [0.1, 0.15) is 5.82 Å². The lowest BCUT2D eigenvalue weighted by molar-refractivity contribution is 0.0910. The van der Waals surface area contributed by atoms with E-state index in [4.69, 9.17) is 0 Å². The zero-order valence-electron chi connectivity index (χ0n) is 17.6. The first-order chi connectivity index (χ1) is 15.7. The van der Waals surface area contributed by atoms with Gasteiger partial charge in [0.2, 0.25) is 0 Å². The summed E-state index contributed by atoms with van der Waals surface area (Å²) in [5.41, 5.74) is 3.15. The van der Waals surface area contributed by atoms with E-state index in [9.17, 15) is 9.18 Å². The van der Waals surface area contributed by atoms with Crippen LogP contribution in [0.3, 0.4) is 0 Å². The Morgan fingerprint density at radius 2 is 1.88 bits per heavy atom. The highest BCUT2D eigenvalue weighted by Crippen LogP contribution is 2.28. The number of benzene rings is 2. The van der Waals surface area contributed by atoms with Gasteiger partial charge in [-0.15, -0.1) is 11.3 Å². The number of halogens is 1. The molecule has 2 aromatic carbocycles. The van der Waals surface area contributed by atoms with Crippen LogP contribution in [-0.2, 0) is 6.54 Å². The van der Waals surface area contributed by atoms with E-state index < -0.39 is 0 Å². The maximum absolute atomic E-state index is 14.0. The molecule has 32 heavy (non-hydrogen) atoms. The van der Waals surface area contributed by atoms with Crippen molar-refractivity contribution in [2.75, 3.05) is 13.1 Å². The quantitative estimate of drug-likeness (QED) is 0.441. The Bertz CT molecular complexity index is 1220. The maximum atomic E-state index is 14.0. The molecule has 4 nitrogen and oxygen atoms in total. The van der Waals surface area contributed by atoms with Crippen LogP contribution in [0, 0.1) is 5.82 Å². The first-order valence-corrected chi connectivity index (χ1v) is 11.7. The molecule has 1 saturated heterocycles. The minimum absolute atomic E-state index is 0.108. The number of carbonyl (C=O) groups is 1. The van der Waals surface area contributed by atoms with E-state index in [0.717, 1.165) is 43.0 Å². The fraction of sp³-hybridized carbons (Fsp3) is 0.231. The van der Waals surface area contributed by atoms with Crippen molar-refractivity contribution in [2.45, 2.75) is 25.4 Å². The smallest absolute Gasteiger partial charge is 0.252 e. The van der Waals surface area contributed by atoms with E-state index in [1.54, 1.807) is 23.5 Å². The number of likely N-dealkylation sites (tertiary alicyclic amines) is 1. The molecule has 1 aliphatic rings. The Morgan fingerprint density at radius 1 is 1.06 bits per heavy atom. The van der Waals surface area contributed by atoms with Crippen LogP contribution in [0.4, 0.5) is 4.39 Å². The van der Waals surface area contributed by atoms with Crippen molar-refractivity contribution in [3.05, 3.63) is 89.1 Å². The number of thiophene rings is 1. The van der Waals surface area contributed by atoms with Crippen LogP contribution in [0.5, 0.6) is 0 Å². The Kier molecular flexibility index (Phi) is 5.97. The van der Waals surface area contributed by atoms with Gasteiger partial charge in [0.25, 0.3) is 5.91 Å². The molecule has 1 aliphatic heterocycles. The predicted molar refractivity (Wildman–Crippen MR) is 127 cm³/mol. The van der Waals surface area contributed by atoms with Crippen molar-refractivity contribution in [1.29, 1.82) is 0 Å². The molecule has 0 atom stereocenters. The average Bonchev–Trinajstić information content (AvgIpc) is 3.35. The molecule has 5 rings (SSSR count). The van der Waals surface area contributed by atoms with Gasteiger partial charge in [0.05, 0.1) is 21.7 Å². The molecular weight excluding hydrogens is 421 g/mol. The molecule has 0 radical (unpaired) electrons. The standard InChI is InChI=1S/C26H24FN3OS/c27-19-8-9-23-21(15-19)22(16-24(29-23)25-7-4-14-32-25)26(31)28-20-10-12-30(13-11-20)17-18-5-2-1-3-6-18/h1-9,14-16,20H,10-13,17H2,(H,28,31). The molecule has 6 heteroatoms. The molecule has 1 amide bonds. The zero-order chi connectivity index (χ0) is 21.9. The number of nitrogens with one attached hydrogen (secondary N) is 1. The Morgan fingerprint density at radius 3 is 2.62 bits per heavy atom. The minimum Gasteiger partial charge on any atom is -0.349 e. The number of hydrogen-bond acceptors (Lipinski definition) is 4. The molecule has 0 unspecified atom stereocenters. The second-order valence-electron chi connectivity index (χ2n) is 8.20. The van der Waals surface area contributed by atoms with Gasteiger partial charge in [-0.25, -0.2) is 9.37 Å². The Hall–Kier alpha value is -3.09. The highest BCUT2D eigenvalue weighted by atomic mass is 32.1.